The highest BCUT2D eigenvalue weighted by molar-refractivity contribution is 5.78. The van der Waals surface area contributed by atoms with Crippen molar-refractivity contribution in [1.29, 1.82) is 0 Å². The van der Waals surface area contributed by atoms with Crippen LogP contribution >= 0.6 is 0 Å². The van der Waals surface area contributed by atoms with Gasteiger partial charge in [-0.2, -0.15) is 5.10 Å². The van der Waals surface area contributed by atoms with Gasteiger partial charge in [0.05, 0.1) is 17.8 Å². The summed E-state index contributed by atoms with van der Waals surface area (Å²) in [6.07, 6.45) is 5.75. The zero-order chi connectivity index (χ0) is 14.8. The number of aromatic nitrogens is 2. The molecule has 0 bridgehead atoms. The fourth-order valence-electron chi connectivity index (χ4n) is 4.01. The van der Waals surface area contributed by atoms with Crippen LogP contribution < -0.4 is 5.32 Å². The lowest BCUT2D eigenvalue weighted by Crippen LogP contribution is -2.45. The van der Waals surface area contributed by atoms with Crippen LogP contribution in [-0.2, 0) is 0 Å². The highest BCUT2D eigenvalue weighted by Crippen LogP contribution is 2.38. The van der Waals surface area contributed by atoms with Crippen LogP contribution in [-0.4, -0.2) is 22.4 Å². The molecule has 1 N–H and O–H groups in total. The van der Waals surface area contributed by atoms with Crippen molar-refractivity contribution in [2.45, 2.75) is 52.1 Å². The average molecular weight is 285 g/mol. The lowest BCUT2D eigenvalue weighted by molar-refractivity contribution is 0.147. The summed E-state index contributed by atoms with van der Waals surface area (Å²) >= 11 is 0. The molecule has 0 saturated heterocycles. The predicted molar refractivity (Wildman–Crippen MR) is 88.4 cm³/mol. The van der Waals surface area contributed by atoms with Crippen molar-refractivity contribution >= 4 is 10.9 Å². The van der Waals surface area contributed by atoms with E-state index in [1.807, 2.05) is 6.20 Å². The Morgan fingerprint density at radius 1 is 1.24 bits per heavy atom. The first-order chi connectivity index (χ1) is 10.2. The van der Waals surface area contributed by atoms with Gasteiger partial charge in [-0.3, -0.25) is 4.68 Å². The highest BCUT2D eigenvalue weighted by Gasteiger charge is 2.35. The predicted octanol–water partition coefficient (Wildman–Crippen LogP) is 4.01. The zero-order valence-electron chi connectivity index (χ0n) is 13.4. The quantitative estimate of drug-likeness (QED) is 0.919. The van der Waals surface area contributed by atoms with Crippen LogP contribution in [0.4, 0.5) is 0 Å². The third-order valence-electron chi connectivity index (χ3n) is 4.87. The molecule has 1 aliphatic carbocycles. The van der Waals surface area contributed by atoms with E-state index in [2.05, 4.69) is 55.0 Å². The molecule has 2 aromatic rings. The van der Waals surface area contributed by atoms with Gasteiger partial charge in [-0.05, 0) is 43.7 Å². The number of hydrogen-bond acceptors (Lipinski definition) is 2. The Hall–Kier alpha value is -1.35. The third-order valence-corrected chi connectivity index (χ3v) is 4.87. The molecule has 1 heterocycles. The highest BCUT2D eigenvalue weighted by atomic mass is 15.3. The molecule has 0 aliphatic heterocycles. The minimum Gasteiger partial charge on any atom is -0.312 e. The molecular weight excluding hydrogens is 258 g/mol. The number of nitrogens with zero attached hydrogens (tertiary/aromatic N) is 2. The summed E-state index contributed by atoms with van der Waals surface area (Å²) in [5.74, 6) is 1.46. The first-order valence-corrected chi connectivity index (χ1v) is 8.36. The van der Waals surface area contributed by atoms with Crippen LogP contribution in [0.2, 0.25) is 0 Å². The minimum atomic E-state index is 0.465. The topological polar surface area (TPSA) is 29.9 Å². The largest absolute Gasteiger partial charge is 0.312 e. The Morgan fingerprint density at radius 3 is 2.86 bits per heavy atom. The molecule has 0 spiro atoms. The van der Waals surface area contributed by atoms with Gasteiger partial charge < -0.3 is 5.32 Å². The number of rotatable bonds is 4. The maximum Gasteiger partial charge on any atom is 0.0705 e. The Kier molecular flexibility index (Phi) is 4.29. The summed E-state index contributed by atoms with van der Waals surface area (Å²) in [6, 6.07) is 9.56. The first kappa shape index (κ1) is 14.6. The van der Waals surface area contributed by atoms with E-state index in [0.717, 1.165) is 12.5 Å². The van der Waals surface area contributed by atoms with E-state index in [-0.39, 0.29) is 0 Å². The molecule has 4 unspecified atom stereocenters. The van der Waals surface area contributed by atoms with Crippen LogP contribution in [0.25, 0.3) is 10.9 Å². The molecule has 3 nitrogen and oxygen atoms in total. The second-order valence-corrected chi connectivity index (χ2v) is 6.75. The average Bonchev–Trinajstić information content (AvgIpc) is 2.88. The van der Waals surface area contributed by atoms with Crippen LogP contribution in [0.15, 0.2) is 30.5 Å². The van der Waals surface area contributed by atoms with E-state index in [1.54, 1.807) is 0 Å². The summed E-state index contributed by atoms with van der Waals surface area (Å²) in [6.45, 7) is 8.10. The number of benzene rings is 1. The van der Waals surface area contributed by atoms with Gasteiger partial charge in [0.1, 0.15) is 0 Å². The van der Waals surface area contributed by atoms with E-state index >= 15 is 0 Å². The molecule has 1 fully saturated rings. The lowest BCUT2D eigenvalue weighted by Gasteiger charge is -2.40. The Bertz CT molecular complexity index is 589. The first-order valence-electron chi connectivity index (χ1n) is 8.36. The molecule has 21 heavy (non-hydrogen) atoms. The van der Waals surface area contributed by atoms with E-state index in [4.69, 9.17) is 5.10 Å². The molecule has 1 aliphatic rings. The smallest absolute Gasteiger partial charge is 0.0705 e. The molecule has 1 saturated carbocycles. The molecular formula is C18H27N3. The third kappa shape index (κ3) is 2.84. The minimum absolute atomic E-state index is 0.465. The van der Waals surface area contributed by atoms with Gasteiger partial charge in [0.2, 0.25) is 0 Å². The molecule has 3 heteroatoms. The van der Waals surface area contributed by atoms with Gasteiger partial charge in [0, 0.05) is 11.4 Å². The van der Waals surface area contributed by atoms with Gasteiger partial charge in [-0.25, -0.2) is 0 Å². The lowest BCUT2D eigenvalue weighted by atomic mass is 9.76. The van der Waals surface area contributed by atoms with E-state index in [0.29, 0.717) is 18.0 Å². The van der Waals surface area contributed by atoms with E-state index in [1.165, 1.54) is 30.2 Å². The summed E-state index contributed by atoms with van der Waals surface area (Å²) in [7, 11) is 0. The SMILES string of the molecule is CCCNC1CC(C)CC(C)C1n1ncc2ccccc21. The van der Waals surface area contributed by atoms with Gasteiger partial charge >= 0.3 is 0 Å². The van der Waals surface area contributed by atoms with Crippen LogP contribution in [0.3, 0.4) is 0 Å². The Labute approximate surface area is 127 Å². The van der Waals surface area contributed by atoms with Crippen molar-refractivity contribution in [2.24, 2.45) is 11.8 Å². The second-order valence-electron chi connectivity index (χ2n) is 6.75. The second kappa shape index (κ2) is 6.18. The summed E-state index contributed by atoms with van der Waals surface area (Å²) in [4.78, 5) is 0. The van der Waals surface area contributed by atoms with Crippen molar-refractivity contribution in [1.82, 2.24) is 15.1 Å². The standard InChI is InChI=1S/C18H27N3/c1-4-9-19-16-11-13(2)10-14(3)18(16)21-17-8-6-5-7-15(17)12-20-21/h5-8,12-14,16,18-19H,4,9-11H2,1-3H3. The molecule has 114 valence electrons. The molecule has 0 amide bonds. The molecule has 1 aromatic carbocycles. The number of para-hydroxylation sites is 1. The Morgan fingerprint density at radius 2 is 2.05 bits per heavy atom. The number of hydrogen-bond donors (Lipinski definition) is 1. The van der Waals surface area contributed by atoms with Gasteiger partial charge in [-0.15, -0.1) is 0 Å². The van der Waals surface area contributed by atoms with Gasteiger partial charge in [0.15, 0.2) is 0 Å². The van der Waals surface area contributed by atoms with Crippen LogP contribution in [0, 0.1) is 11.8 Å². The van der Waals surface area contributed by atoms with Crippen LogP contribution in [0.1, 0.15) is 46.1 Å². The number of nitrogens with one attached hydrogen (secondary N) is 1. The molecule has 3 rings (SSSR count). The monoisotopic (exact) mass is 285 g/mol. The van der Waals surface area contributed by atoms with Crippen molar-refractivity contribution in [3.63, 3.8) is 0 Å². The van der Waals surface area contributed by atoms with Crippen molar-refractivity contribution in [3.05, 3.63) is 30.5 Å². The van der Waals surface area contributed by atoms with E-state index in [9.17, 15) is 0 Å². The summed E-state index contributed by atoms with van der Waals surface area (Å²) < 4.78 is 2.28. The van der Waals surface area contributed by atoms with E-state index < -0.39 is 0 Å². The van der Waals surface area contributed by atoms with Gasteiger partial charge in [0.25, 0.3) is 0 Å². The molecule has 1 aromatic heterocycles. The maximum atomic E-state index is 4.73. The number of fused-ring (bicyclic) bond motifs is 1. The normalized spacial score (nSPS) is 29.9. The fourth-order valence-corrected chi connectivity index (χ4v) is 4.01. The summed E-state index contributed by atoms with van der Waals surface area (Å²) in [5, 5.41) is 9.75. The molecule has 0 radical (unpaired) electrons. The Balaban J connectivity index is 1.95. The fraction of sp³-hybridized carbons (Fsp3) is 0.611. The zero-order valence-corrected chi connectivity index (χ0v) is 13.4. The maximum absolute atomic E-state index is 4.73. The van der Waals surface area contributed by atoms with Crippen molar-refractivity contribution < 1.29 is 0 Å². The summed E-state index contributed by atoms with van der Waals surface area (Å²) in [5.41, 5.74) is 1.27. The van der Waals surface area contributed by atoms with Crippen LogP contribution in [0.5, 0.6) is 0 Å². The molecule has 4 atom stereocenters. The van der Waals surface area contributed by atoms with Gasteiger partial charge in [-0.1, -0.05) is 39.0 Å². The van der Waals surface area contributed by atoms with Crippen molar-refractivity contribution in [2.75, 3.05) is 6.54 Å². The van der Waals surface area contributed by atoms with Crippen molar-refractivity contribution in [3.8, 4) is 0 Å².